The van der Waals surface area contributed by atoms with Gasteiger partial charge in [0.1, 0.15) is 11.0 Å². The molecule has 2 unspecified atom stereocenters. The third-order valence-corrected chi connectivity index (χ3v) is 4.77. The predicted octanol–water partition coefficient (Wildman–Crippen LogP) is 1.96. The highest BCUT2D eigenvalue weighted by Crippen LogP contribution is 2.24. The highest BCUT2D eigenvalue weighted by molar-refractivity contribution is 7.85. The molecule has 0 bridgehead atoms. The molecule has 0 aliphatic rings. The van der Waals surface area contributed by atoms with Crippen molar-refractivity contribution in [1.82, 2.24) is 0 Å². The number of hydrogen-bond acceptors (Lipinski definition) is 5. The van der Waals surface area contributed by atoms with Crippen molar-refractivity contribution in [3.63, 3.8) is 0 Å². The number of carbonyl (C=O) groups is 1. The normalized spacial score (nSPS) is 13.7. The Morgan fingerprint density at radius 2 is 2.05 bits per heavy atom. The van der Waals surface area contributed by atoms with Crippen LogP contribution in [0.4, 0.5) is 5.69 Å². The van der Waals surface area contributed by atoms with Crippen LogP contribution in [0.1, 0.15) is 19.4 Å². The molecule has 7 nitrogen and oxygen atoms in total. The van der Waals surface area contributed by atoms with Crippen LogP contribution < -0.4 is 4.74 Å². The van der Waals surface area contributed by atoms with E-state index in [9.17, 15) is 19.1 Å². The maximum atomic E-state index is 12.2. The van der Waals surface area contributed by atoms with Gasteiger partial charge in [-0.1, -0.05) is 13.8 Å². The Balaban J connectivity index is 3.06. The topological polar surface area (TPSA) is 107 Å². The van der Waals surface area contributed by atoms with Crippen LogP contribution in [-0.2, 0) is 21.3 Å². The van der Waals surface area contributed by atoms with Crippen molar-refractivity contribution in [2.45, 2.75) is 24.9 Å². The molecule has 1 aromatic rings. The largest absolute Gasteiger partial charge is 0.496 e. The summed E-state index contributed by atoms with van der Waals surface area (Å²) in [5, 5.41) is 18.9. The molecule has 0 fully saturated rings. The standard InChI is InChI=1S/C13H17NO6S/c1-8(2)12(13(15)16)21(19)7-9-4-10(14(17)18)6-11(5-9)20-3/h4-6,8,12H,7H2,1-3H3,(H,15,16). The summed E-state index contributed by atoms with van der Waals surface area (Å²) in [7, 11) is -0.309. The molecule has 1 N–H and O–H groups in total. The lowest BCUT2D eigenvalue weighted by atomic mass is 10.1. The molecule has 1 rings (SSSR count). The van der Waals surface area contributed by atoms with Gasteiger partial charge in [0, 0.05) is 22.6 Å². The second kappa shape index (κ2) is 7.16. The van der Waals surface area contributed by atoms with Crippen LogP contribution in [0, 0.1) is 16.0 Å². The molecule has 2 atom stereocenters. The highest BCUT2D eigenvalue weighted by atomic mass is 32.2. The molecule has 0 aliphatic carbocycles. The number of rotatable bonds is 7. The van der Waals surface area contributed by atoms with Crippen molar-refractivity contribution in [1.29, 1.82) is 0 Å². The number of carboxylic acids is 1. The van der Waals surface area contributed by atoms with Gasteiger partial charge in [-0.2, -0.15) is 0 Å². The summed E-state index contributed by atoms with van der Waals surface area (Å²) in [6.45, 7) is 3.34. The van der Waals surface area contributed by atoms with Crippen LogP contribution in [-0.4, -0.2) is 32.6 Å². The number of ether oxygens (including phenoxy) is 1. The van der Waals surface area contributed by atoms with E-state index in [1.807, 2.05) is 0 Å². The fourth-order valence-corrected chi connectivity index (χ4v) is 3.41. The van der Waals surface area contributed by atoms with Gasteiger partial charge in [-0.3, -0.25) is 19.1 Å². The average Bonchev–Trinajstić information content (AvgIpc) is 2.36. The molecule has 1 aromatic carbocycles. The Labute approximate surface area is 124 Å². The first-order valence-corrected chi connectivity index (χ1v) is 7.56. The van der Waals surface area contributed by atoms with Crippen LogP contribution in [0.5, 0.6) is 5.75 Å². The van der Waals surface area contributed by atoms with E-state index in [0.717, 1.165) is 0 Å². The summed E-state index contributed by atoms with van der Waals surface area (Å²) >= 11 is 0. The molecule has 0 radical (unpaired) electrons. The summed E-state index contributed by atoms with van der Waals surface area (Å²) in [4.78, 5) is 21.4. The summed E-state index contributed by atoms with van der Waals surface area (Å²) < 4.78 is 17.2. The minimum Gasteiger partial charge on any atom is -0.496 e. The lowest BCUT2D eigenvalue weighted by Crippen LogP contribution is -2.31. The van der Waals surface area contributed by atoms with E-state index in [1.54, 1.807) is 13.8 Å². The van der Waals surface area contributed by atoms with Gasteiger partial charge < -0.3 is 9.84 Å². The van der Waals surface area contributed by atoms with Gasteiger partial charge in [0.25, 0.3) is 5.69 Å². The van der Waals surface area contributed by atoms with Crippen LogP contribution in [0.15, 0.2) is 18.2 Å². The number of hydrogen-bond donors (Lipinski definition) is 1. The molecule has 0 amide bonds. The minimum absolute atomic E-state index is 0.0762. The number of benzene rings is 1. The maximum absolute atomic E-state index is 12.2. The molecule has 0 aliphatic heterocycles. The Morgan fingerprint density at radius 1 is 1.43 bits per heavy atom. The summed E-state index contributed by atoms with van der Waals surface area (Å²) in [5.41, 5.74) is 0.226. The first-order valence-electron chi connectivity index (χ1n) is 6.18. The van der Waals surface area contributed by atoms with Gasteiger partial charge in [0.2, 0.25) is 0 Å². The number of nitro groups is 1. The van der Waals surface area contributed by atoms with Crippen molar-refractivity contribution in [3.8, 4) is 5.75 Å². The molecule has 21 heavy (non-hydrogen) atoms. The zero-order valence-corrected chi connectivity index (χ0v) is 12.8. The van der Waals surface area contributed by atoms with Gasteiger partial charge in [-0.05, 0) is 17.5 Å². The van der Waals surface area contributed by atoms with E-state index in [4.69, 9.17) is 9.84 Å². The summed E-state index contributed by atoms with van der Waals surface area (Å²) in [5.74, 6) is -1.25. The van der Waals surface area contributed by atoms with E-state index in [1.165, 1.54) is 25.3 Å². The van der Waals surface area contributed by atoms with Crippen molar-refractivity contribution >= 4 is 22.5 Å². The smallest absolute Gasteiger partial charge is 0.319 e. The number of nitrogens with zero attached hydrogens (tertiary/aromatic N) is 1. The van der Waals surface area contributed by atoms with Gasteiger partial charge in [0.05, 0.1) is 18.1 Å². The third kappa shape index (κ3) is 4.52. The first kappa shape index (κ1) is 17.1. The van der Waals surface area contributed by atoms with E-state index in [2.05, 4.69) is 0 Å². The second-order valence-electron chi connectivity index (χ2n) is 4.82. The lowest BCUT2D eigenvalue weighted by molar-refractivity contribution is -0.385. The lowest BCUT2D eigenvalue weighted by Gasteiger charge is -2.15. The number of aliphatic carboxylic acids is 1. The van der Waals surface area contributed by atoms with Crippen molar-refractivity contribution in [2.24, 2.45) is 5.92 Å². The summed E-state index contributed by atoms with van der Waals surface area (Å²) in [6, 6.07) is 4.05. The van der Waals surface area contributed by atoms with E-state index in [0.29, 0.717) is 5.56 Å². The number of nitro benzene ring substituents is 1. The van der Waals surface area contributed by atoms with Crippen LogP contribution >= 0.6 is 0 Å². The quantitative estimate of drug-likeness (QED) is 0.609. The Morgan fingerprint density at radius 3 is 2.48 bits per heavy atom. The molecule has 0 saturated carbocycles. The molecule has 0 aromatic heterocycles. The maximum Gasteiger partial charge on any atom is 0.319 e. The van der Waals surface area contributed by atoms with Crippen molar-refractivity contribution in [2.75, 3.05) is 7.11 Å². The van der Waals surface area contributed by atoms with Crippen molar-refractivity contribution in [3.05, 3.63) is 33.9 Å². The van der Waals surface area contributed by atoms with Gasteiger partial charge in [-0.15, -0.1) is 0 Å². The van der Waals surface area contributed by atoms with Crippen LogP contribution in [0.2, 0.25) is 0 Å². The molecule has 0 spiro atoms. The van der Waals surface area contributed by atoms with Gasteiger partial charge in [0.15, 0.2) is 0 Å². The molecule has 116 valence electrons. The molecular formula is C13H17NO6S. The van der Waals surface area contributed by atoms with Crippen LogP contribution in [0.3, 0.4) is 0 Å². The van der Waals surface area contributed by atoms with Gasteiger partial charge in [-0.25, -0.2) is 0 Å². The average molecular weight is 315 g/mol. The minimum atomic E-state index is -1.68. The molecule has 0 saturated heterocycles. The Hall–Kier alpha value is -1.96. The molecule has 8 heteroatoms. The number of carboxylic acid groups (broad SMARTS) is 1. The van der Waals surface area contributed by atoms with E-state index in [-0.39, 0.29) is 23.1 Å². The fraction of sp³-hybridized carbons (Fsp3) is 0.462. The second-order valence-corrected chi connectivity index (χ2v) is 6.38. The van der Waals surface area contributed by atoms with E-state index < -0.39 is 26.9 Å². The predicted molar refractivity (Wildman–Crippen MR) is 77.8 cm³/mol. The summed E-state index contributed by atoms with van der Waals surface area (Å²) in [6.07, 6.45) is 0. The third-order valence-electron chi connectivity index (χ3n) is 2.84. The zero-order valence-electron chi connectivity index (χ0n) is 11.9. The van der Waals surface area contributed by atoms with Gasteiger partial charge >= 0.3 is 5.97 Å². The van der Waals surface area contributed by atoms with Crippen LogP contribution in [0.25, 0.3) is 0 Å². The molecule has 0 heterocycles. The number of methoxy groups -OCH3 is 1. The van der Waals surface area contributed by atoms with E-state index >= 15 is 0 Å². The SMILES string of the molecule is COc1cc(CS(=O)C(C(=O)O)C(C)C)cc([N+](=O)[O-])c1. The zero-order chi connectivity index (χ0) is 16.2. The fourth-order valence-electron chi connectivity index (χ4n) is 1.91. The number of non-ortho nitro benzene ring substituents is 1. The van der Waals surface area contributed by atoms with Crippen molar-refractivity contribution < 1.29 is 23.8 Å². The first-order chi connectivity index (χ1) is 9.76. The highest BCUT2D eigenvalue weighted by Gasteiger charge is 2.28. The monoisotopic (exact) mass is 315 g/mol. The molecular weight excluding hydrogens is 298 g/mol. The Kier molecular flexibility index (Phi) is 5.83. The Bertz CT molecular complexity index is 572.